The Balaban J connectivity index is 1.95. The number of hydrogen-bond acceptors (Lipinski definition) is 1. The summed E-state index contributed by atoms with van der Waals surface area (Å²) in [6, 6.07) is 21.5. The lowest BCUT2D eigenvalue weighted by atomic mass is 9.58. The molecule has 2 aromatic carbocycles. The van der Waals surface area contributed by atoms with Gasteiger partial charge >= 0.3 is 0 Å². The molecule has 1 saturated carbocycles. The smallest absolute Gasteiger partial charge is 0.0195 e. The highest BCUT2D eigenvalue weighted by molar-refractivity contribution is 6.01. The van der Waals surface area contributed by atoms with Crippen LogP contribution in [0.5, 0.6) is 0 Å². The van der Waals surface area contributed by atoms with Gasteiger partial charge in [0.1, 0.15) is 0 Å². The van der Waals surface area contributed by atoms with Crippen molar-refractivity contribution in [3.8, 4) is 0 Å². The third kappa shape index (κ3) is 2.64. The predicted molar refractivity (Wildman–Crippen MR) is 108 cm³/mol. The third-order valence-electron chi connectivity index (χ3n) is 6.01. The first-order chi connectivity index (χ1) is 12.7. The third-order valence-corrected chi connectivity index (χ3v) is 6.01. The monoisotopic (exact) mass is 340 g/mol. The van der Waals surface area contributed by atoms with Crippen LogP contribution in [-0.2, 0) is 5.41 Å². The molecule has 132 valence electrons. The van der Waals surface area contributed by atoms with Gasteiger partial charge < -0.3 is 11.1 Å². The number of benzene rings is 2. The molecule has 26 heavy (non-hydrogen) atoms. The quantitative estimate of drug-likeness (QED) is 0.386. The van der Waals surface area contributed by atoms with E-state index in [1.807, 2.05) is 6.92 Å². The Labute approximate surface area is 157 Å². The van der Waals surface area contributed by atoms with Crippen molar-refractivity contribution in [2.75, 3.05) is 0 Å². The molecule has 0 radical (unpaired) electrons. The molecule has 0 aliphatic heterocycles. The molecular formula is C25H26N-. The van der Waals surface area contributed by atoms with Crippen LogP contribution in [0.3, 0.4) is 0 Å². The Bertz CT molecular complexity index is 795. The summed E-state index contributed by atoms with van der Waals surface area (Å²) in [6.45, 7) is 1.90. The Morgan fingerprint density at radius 3 is 1.96 bits per heavy atom. The highest BCUT2D eigenvalue weighted by atomic mass is 14.5. The van der Waals surface area contributed by atoms with Crippen LogP contribution >= 0.6 is 0 Å². The minimum atomic E-state index is -0.365. The maximum absolute atomic E-state index is 8.52. The van der Waals surface area contributed by atoms with Crippen molar-refractivity contribution >= 4 is 5.71 Å². The lowest BCUT2D eigenvalue weighted by Crippen LogP contribution is -2.40. The molecule has 0 heterocycles. The zero-order valence-corrected chi connectivity index (χ0v) is 15.5. The van der Waals surface area contributed by atoms with Gasteiger partial charge in [-0.15, -0.1) is 0 Å². The van der Waals surface area contributed by atoms with Gasteiger partial charge in [-0.1, -0.05) is 104 Å². The highest BCUT2D eigenvalue weighted by Gasteiger charge is 2.42. The minimum Gasteiger partial charge on any atom is -0.344 e. The van der Waals surface area contributed by atoms with E-state index in [9.17, 15) is 0 Å². The molecule has 2 aliphatic carbocycles. The summed E-state index contributed by atoms with van der Waals surface area (Å²) in [7, 11) is 0. The standard InChI is InChI=1S/C25H26N/c1-19(26)23-17-18-24(20-11-5-2-6-12-20)25(23,21-13-7-3-8-14-21)22-15-9-4-10-16-22/h3-4,7-10,13-16,18,20,26H,2,5-6,11-12H2,1H3/q-1. The van der Waals surface area contributed by atoms with Crippen LogP contribution in [-0.4, -0.2) is 5.71 Å². The second kappa shape index (κ2) is 7.02. The molecule has 1 N–H and O–H groups in total. The molecule has 0 unspecified atom stereocenters. The molecule has 1 nitrogen and oxygen atoms in total. The van der Waals surface area contributed by atoms with Gasteiger partial charge in [-0.25, -0.2) is 0 Å². The Kier molecular flexibility index (Phi) is 4.57. The minimum absolute atomic E-state index is 0.365. The average Bonchev–Trinajstić information content (AvgIpc) is 3.12. The summed E-state index contributed by atoms with van der Waals surface area (Å²) >= 11 is 0. The molecule has 0 bridgehead atoms. The van der Waals surface area contributed by atoms with Gasteiger partial charge in [0.05, 0.1) is 0 Å². The summed E-state index contributed by atoms with van der Waals surface area (Å²) in [6.07, 6.45) is 8.67. The first-order valence-corrected chi connectivity index (χ1v) is 9.75. The SMILES string of the molecule is CC(=N)C1=C=C[C-](C2CCCCC2)C1(c1ccccc1)c1ccccc1. The largest absolute Gasteiger partial charge is 0.344 e. The van der Waals surface area contributed by atoms with Crippen LogP contribution in [0.4, 0.5) is 0 Å². The molecule has 4 rings (SSSR count). The molecule has 0 spiro atoms. The lowest BCUT2D eigenvalue weighted by molar-refractivity contribution is 0.350. The fourth-order valence-electron chi connectivity index (χ4n) is 4.90. The highest BCUT2D eigenvalue weighted by Crippen LogP contribution is 2.55. The van der Waals surface area contributed by atoms with Crippen LogP contribution in [0.25, 0.3) is 0 Å². The number of hydrogen-bond donors (Lipinski definition) is 1. The zero-order chi connectivity index (χ0) is 18.0. The van der Waals surface area contributed by atoms with Crippen molar-refractivity contribution in [1.29, 1.82) is 5.41 Å². The van der Waals surface area contributed by atoms with Crippen molar-refractivity contribution in [2.45, 2.75) is 44.4 Å². The number of allylic oxidation sites excluding steroid dienone is 1. The number of rotatable bonds is 4. The van der Waals surface area contributed by atoms with E-state index in [2.05, 4.69) is 72.5 Å². The Morgan fingerprint density at radius 1 is 0.923 bits per heavy atom. The van der Waals surface area contributed by atoms with Crippen molar-refractivity contribution in [3.05, 3.63) is 95.1 Å². The lowest BCUT2D eigenvalue weighted by Gasteiger charge is -2.51. The van der Waals surface area contributed by atoms with Crippen LogP contribution in [0, 0.1) is 17.2 Å². The van der Waals surface area contributed by atoms with E-state index in [0.717, 1.165) is 5.57 Å². The molecule has 0 amide bonds. The fraction of sp³-hybridized carbons (Fsp3) is 0.320. The first-order valence-electron chi connectivity index (χ1n) is 9.75. The van der Waals surface area contributed by atoms with E-state index in [4.69, 9.17) is 5.41 Å². The van der Waals surface area contributed by atoms with Gasteiger partial charge in [0, 0.05) is 5.71 Å². The summed E-state index contributed by atoms with van der Waals surface area (Å²) in [5, 5.41) is 8.52. The first kappa shape index (κ1) is 16.9. The molecule has 0 atom stereocenters. The summed E-state index contributed by atoms with van der Waals surface area (Å²) in [5.74, 6) is 2.02. The van der Waals surface area contributed by atoms with E-state index in [1.54, 1.807) is 0 Å². The summed E-state index contributed by atoms with van der Waals surface area (Å²) in [5.41, 5.74) is 7.30. The van der Waals surface area contributed by atoms with E-state index in [0.29, 0.717) is 11.6 Å². The van der Waals surface area contributed by atoms with E-state index in [1.165, 1.54) is 49.1 Å². The molecule has 2 aliphatic rings. The molecule has 0 saturated heterocycles. The average molecular weight is 340 g/mol. The van der Waals surface area contributed by atoms with Gasteiger partial charge in [-0.2, -0.15) is 12.0 Å². The molecular weight excluding hydrogens is 314 g/mol. The molecule has 2 aromatic rings. The van der Waals surface area contributed by atoms with E-state index >= 15 is 0 Å². The van der Waals surface area contributed by atoms with Crippen molar-refractivity contribution < 1.29 is 0 Å². The van der Waals surface area contributed by atoms with Crippen molar-refractivity contribution in [2.24, 2.45) is 5.92 Å². The van der Waals surface area contributed by atoms with Crippen molar-refractivity contribution in [3.63, 3.8) is 0 Å². The molecule has 1 fully saturated rings. The Hall–Kier alpha value is -2.50. The fourth-order valence-corrected chi connectivity index (χ4v) is 4.90. The maximum Gasteiger partial charge on any atom is 0.0195 e. The molecule has 0 aromatic heterocycles. The van der Waals surface area contributed by atoms with Crippen LogP contribution in [0.1, 0.15) is 50.2 Å². The van der Waals surface area contributed by atoms with Gasteiger partial charge in [0.15, 0.2) is 0 Å². The Morgan fingerprint density at radius 2 is 1.46 bits per heavy atom. The second-order valence-corrected chi connectivity index (χ2v) is 7.56. The van der Waals surface area contributed by atoms with Crippen molar-refractivity contribution in [1.82, 2.24) is 0 Å². The number of nitrogens with one attached hydrogen (secondary N) is 1. The summed E-state index contributed by atoms with van der Waals surface area (Å²) in [4.78, 5) is 0. The topological polar surface area (TPSA) is 23.9 Å². The van der Waals surface area contributed by atoms with Crippen LogP contribution in [0.2, 0.25) is 0 Å². The molecule has 1 heteroatoms. The van der Waals surface area contributed by atoms with Gasteiger partial charge in [-0.05, 0) is 23.5 Å². The second-order valence-electron chi connectivity index (χ2n) is 7.56. The van der Waals surface area contributed by atoms with Crippen LogP contribution < -0.4 is 0 Å². The zero-order valence-electron chi connectivity index (χ0n) is 15.5. The normalized spacial score (nSPS) is 19.4. The van der Waals surface area contributed by atoms with Gasteiger partial charge in [0.25, 0.3) is 0 Å². The predicted octanol–water partition coefficient (Wildman–Crippen LogP) is 6.26. The summed E-state index contributed by atoms with van der Waals surface area (Å²) < 4.78 is 0. The van der Waals surface area contributed by atoms with E-state index < -0.39 is 0 Å². The van der Waals surface area contributed by atoms with Gasteiger partial charge in [-0.3, -0.25) is 0 Å². The van der Waals surface area contributed by atoms with Gasteiger partial charge in [0.2, 0.25) is 0 Å². The van der Waals surface area contributed by atoms with Crippen LogP contribution in [0.15, 0.2) is 78.0 Å². The maximum atomic E-state index is 8.52. The van der Waals surface area contributed by atoms with E-state index in [-0.39, 0.29) is 5.41 Å².